The van der Waals surface area contributed by atoms with Gasteiger partial charge in [0.15, 0.2) is 5.78 Å². The lowest BCUT2D eigenvalue weighted by molar-refractivity contribution is 0.0981. The zero-order valence-corrected chi connectivity index (χ0v) is 17.2. The molecule has 6 heteroatoms. The highest BCUT2D eigenvalue weighted by molar-refractivity contribution is 6.37. The summed E-state index contributed by atoms with van der Waals surface area (Å²) in [6.45, 7) is 1.24. The molecule has 27 heavy (non-hydrogen) atoms. The number of carbonyl (C=O) groups excluding carboxylic acids is 1. The Morgan fingerprint density at radius 1 is 1.11 bits per heavy atom. The third kappa shape index (κ3) is 4.67. The van der Waals surface area contributed by atoms with E-state index in [1.807, 2.05) is 41.1 Å². The van der Waals surface area contributed by atoms with Crippen LogP contribution in [0.2, 0.25) is 15.1 Å². The molecule has 0 aliphatic rings. The number of halogens is 3. The van der Waals surface area contributed by atoms with Crippen molar-refractivity contribution in [2.75, 3.05) is 13.7 Å². The highest BCUT2D eigenvalue weighted by atomic mass is 35.5. The van der Waals surface area contributed by atoms with E-state index in [9.17, 15) is 4.79 Å². The van der Waals surface area contributed by atoms with E-state index in [1.165, 1.54) is 0 Å². The average molecular weight is 425 g/mol. The molecule has 0 N–H and O–H groups in total. The molecule has 3 nitrogen and oxygen atoms in total. The van der Waals surface area contributed by atoms with Gasteiger partial charge >= 0.3 is 0 Å². The minimum absolute atomic E-state index is 0.0781. The first-order chi connectivity index (χ1) is 13.0. The first kappa shape index (κ1) is 20.2. The molecule has 3 aromatic rings. The molecule has 0 bridgehead atoms. The van der Waals surface area contributed by atoms with Crippen molar-refractivity contribution in [3.63, 3.8) is 0 Å². The molecule has 0 unspecified atom stereocenters. The van der Waals surface area contributed by atoms with E-state index < -0.39 is 0 Å². The van der Waals surface area contributed by atoms with Crippen LogP contribution in [0.5, 0.6) is 0 Å². The van der Waals surface area contributed by atoms with Gasteiger partial charge in [0.25, 0.3) is 0 Å². The number of benzene rings is 2. The maximum absolute atomic E-state index is 12.9. The molecule has 1 aromatic heterocycles. The molecule has 0 amide bonds. The Morgan fingerprint density at radius 2 is 1.93 bits per heavy atom. The Hall–Kier alpha value is -1.52. The number of ketones is 1. The Kier molecular flexibility index (Phi) is 6.83. The summed E-state index contributed by atoms with van der Waals surface area (Å²) in [5.41, 5.74) is 2.60. The SMILES string of the molecule is COCCn1cc(C(=O)CCCc2ccc(Cl)cc2Cl)c2c(Cl)cccc21. The number of carbonyl (C=O) groups is 1. The molecule has 0 spiro atoms. The molecular formula is C21H20Cl3NO2. The van der Waals surface area contributed by atoms with Gasteiger partial charge in [-0.25, -0.2) is 0 Å². The second kappa shape index (κ2) is 9.11. The maximum Gasteiger partial charge on any atom is 0.165 e. The molecule has 3 rings (SSSR count). The zero-order chi connectivity index (χ0) is 19.4. The van der Waals surface area contributed by atoms with Crippen LogP contribution in [0.1, 0.15) is 28.8 Å². The van der Waals surface area contributed by atoms with Crippen LogP contribution in [0, 0.1) is 0 Å². The molecule has 142 valence electrons. The summed E-state index contributed by atoms with van der Waals surface area (Å²) in [4.78, 5) is 12.9. The molecule has 0 saturated heterocycles. The fourth-order valence-corrected chi connectivity index (χ4v) is 3.97. The summed E-state index contributed by atoms with van der Waals surface area (Å²) in [5, 5.41) is 2.64. The summed E-state index contributed by atoms with van der Waals surface area (Å²) >= 11 is 18.5. The molecule has 0 aliphatic carbocycles. The quantitative estimate of drug-likeness (QED) is 0.389. The van der Waals surface area contributed by atoms with Crippen LogP contribution in [-0.2, 0) is 17.7 Å². The molecule has 2 aromatic carbocycles. The monoisotopic (exact) mass is 423 g/mol. The molecule has 0 atom stereocenters. The van der Waals surface area contributed by atoms with Gasteiger partial charge < -0.3 is 9.30 Å². The molecule has 0 fully saturated rings. The topological polar surface area (TPSA) is 31.2 Å². The number of ether oxygens (including phenoxy) is 1. The molecular weight excluding hydrogens is 405 g/mol. The number of nitrogens with zero attached hydrogens (tertiary/aromatic N) is 1. The molecule has 1 heterocycles. The first-order valence-corrected chi connectivity index (χ1v) is 9.88. The van der Waals surface area contributed by atoms with Crippen molar-refractivity contribution in [3.8, 4) is 0 Å². The third-order valence-corrected chi connectivity index (χ3v) is 5.46. The van der Waals surface area contributed by atoms with Crippen LogP contribution in [0.25, 0.3) is 10.9 Å². The largest absolute Gasteiger partial charge is 0.383 e. The van der Waals surface area contributed by atoms with E-state index in [0.717, 1.165) is 22.9 Å². The van der Waals surface area contributed by atoms with E-state index in [4.69, 9.17) is 39.5 Å². The summed E-state index contributed by atoms with van der Waals surface area (Å²) in [7, 11) is 1.66. The Labute approximate surface area is 173 Å². The summed E-state index contributed by atoms with van der Waals surface area (Å²) in [6, 6.07) is 11.1. The van der Waals surface area contributed by atoms with Gasteiger partial charge in [-0.15, -0.1) is 0 Å². The smallest absolute Gasteiger partial charge is 0.165 e. The second-order valence-electron chi connectivity index (χ2n) is 6.38. The van der Waals surface area contributed by atoms with Crippen LogP contribution in [0.4, 0.5) is 0 Å². The number of Topliss-reactive ketones (excluding diaryl/α,β-unsaturated/α-hetero) is 1. The van der Waals surface area contributed by atoms with Gasteiger partial charge in [-0.1, -0.05) is 46.9 Å². The fraction of sp³-hybridized carbons (Fsp3) is 0.286. The van der Waals surface area contributed by atoms with Gasteiger partial charge in [-0.3, -0.25) is 4.79 Å². The third-order valence-electron chi connectivity index (χ3n) is 4.56. The van der Waals surface area contributed by atoms with Crippen molar-refractivity contribution in [2.24, 2.45) is 0 Å². The normalized spacial score (nSPS) is 11.3. The second-order valence-corrected chi connectivity index (χ2v) is 7.63. The van der Waals surface area contributed by atoms with E-state index in [-0.39, 0.29) is 5.78 Å². The van der Waals surface area contributed by atoms with Gasteiger partial charge in [-0.05, 0) is 42.7 Å². The van der Waals surface area contributed by atoms with E-state index >= 15 is 0 Å². The number of aryl methyl sites for hydroxylation is 1. The Morgan fingerprint density at radius 3 is 2.67 bits per heavy atom. The summed E-state index contributed by atoms with van der Waals surface area (Å²) in [5.74, 6) is 0.0781. The minimum Gasteiger partial charge on any atom is -0.383 e. The van der Waals surface area contributed by atoms with Crippen LogP contribution in [0.3, 0.4) is 0 Å². The highest BCUT2D eigenvalue weighted by Gasteiger charge is 2.17. The number of rotatable bonds is 8. The van der Waals surface area contributed by atoms with Gasteiger partial charge in [0, 0.05) is 47.3 Å². The predicted molar refractivity (Wildman–Crippen MR) is 113 cm³/mol. The van der Waals surface area contributed by atoms with Gasteiger partial charge in [-0.2, -0.15) is 0 Å². The number of methoxy groups -OCH3 is 1. The predicted octanol–water partition coefficient (Wildman–Crippen LogP) is 6.45. The van der Waals surface area contributed by atoms with E-state index in [2.05, 4.69) is 0 Å². The van der Waals surface area contributed by atoms with Crippen molar-refractivity contribution in [1.29, 1.82) is 0 Å². The molecule has 0 aliphatic heterocycles. The van der Waals surface area contributed by atoms with Crippen LogP contribution in [-0.4, -0.2) is 24.1 Å². The summed E-state index contributed by atoms with van der Waals surface area (Å²) in [6.07, 6.45) is 3.73. The van der Waals surface area contributed by atoms with Gasteiger partial charge in [0.1, 0.15) is 0 Å². The molecule has 0 radical (unpaired) electrons. The lowest BCUT2D eigenvalue weighted by Gasteiger charge is -2.05. The van der Waals surface area contributed by atoms with Gasteiger partial charge in [0.2, 0.25) is 0 Å². The summed E-state index contributed by atoms with van der Waals surface area (Å²) < 4.78 is 7.19. The van der Waals surface area contributed by atoms with Crippen LogP contribution in [0.15, 0.2) is 42.6 Å². The van der Waals surface area contributed by atoms with Crippen molar-refractivity contribution in [3.05, 3.63) is 68.8 Å². The van der Waals surface area contributed by atoms with Gasteiger partial charge in [0.05, 0.1) is 17.1 Å². The number of hydrogen-bond donors (Lipinski definition) is 0. The van der Waals surface area contributed by atoms with Crippen molar-refractivity contribution < 1.29 is 9.53 Å². The van der Waals surface area contributed by atoms with E-state index in [0.29, 0.717) is 46.6 Å². The van der Waals surface area contributed by atoms with Crippen molar-refractivity contribution in [1.82, 2.24) is 4.57 Å². The number of aromatic nitrogens is 1. The average Bonchev–Trinajstić information content (AvgIpc) is 3.02. The van der Waals surface area contributed by atoms with Crippen LogP contribution >= 0.6 is 34.8 Å². The van der Waals surface area contributed by atoms with Crippen LogP contribution < -0.4 is 0 Å². The van der Waals surface area contributed by atoms with E-state index in [1.54, 1.807) is 13.2 Å². The number of hydrogen-bond acceptors (Lipinski definition) is 2. The minimum atomic E-state index is 0.0781. The maximum atomic E-state index is 12.9. The highest BCUT2D eigenvalue weighted by Crippen LogP contribution is 2.30. The molecule has 0 saturated carbocycles. The Balaban J connectivity index is 1.77. The van der Waals surface area contributed by atoms with Crippen molar-refractivity contribution in [2.45, 2.75) is 25.8 Å². The number of fused-ring (bicyclic) bond motifs is 1. The Bertz CT molecular complexity index is 965. The lowest BCUT2D eigenvalue weighted by atomic mass is 10.0. The fourth-order valence-electron chi connectivity index (χ4n) is 3.19. The standard InChI is InChI=1S/C21H20Cl3NO2/c1-27-11-10-25-13-16(21-17(23)5-3-6-19(21)25)20(26)7-2-4-14-8-9-15(22)12-18(14)24/h3,5-6,8-9,12-13H,2,4,7,10-11H2,1H3. The lowest BCUT2D eigenvalue weighted by Crippen LogP contribution is -2.03. The first-order valence-electron chi connectivity index (χ1n) is 8.74. The zero-order valence-electron chi connectivity index (χ0n) is 15.0. The van der Waals surface area contributed by atoms with Crippen molar-refractivity contribution >= 4 is 51.5 Å².